The summed E-state index contributed by atoms with van der Waals surface area (Å²) < 4.78 is 13.8. The first kappa shape index (κ1) is 15.0. The first-order valence-electron chi connectivity index (χ1n) is 6.45. The Morgan fingerprint density at radius 2 is 2.19 bits per heavy atom. The average molecular weight is 290 g/mol. The molecule has 1 N–H and O–H groups in total. The quantitative estimate of drug-likeness (QED) is 0.745. The molecule has 0 saturated carbocycles. The molecule has 1 aromatic carbocycles. The monoisotopic (exact) mass is 290 g/mol. The van der Waals surface area contributed by atoms with Crippen molar-refractivity contribution in [1.82, 2.24) is 9.80 Å². The molecular weight excluding hydrogens is 275 g/mol. The molecule has 1 aliphatic rings. The van der Waals surface area contributed by atoms with Crippen molar-refractivity contribution in [2.24, 2.45) is 0 Å². The number of benzene rings is 1. The van der Waals surface area contributed by atoms with E-state index in [4.69, 9.17) is 5.11 Å². The summed E-state index contributed by atoms with van der Waals surface area (Å²) in [6.07, 6.45) is 0. The van der Waals surface area contributed by atoms with Crippen LogP contribution in [0.3, 0.4) is 0 Å². The molecule has 0 bridgehead atoms. The number of halogens is 1. The zero-order valence-corrected chi connectivity index (χ0v) is 11.6. The van der Waals surface area contributed by atoms with Crippen molar-refractivity contribution in [3.05, 3.63) is 35.1 Å². The molecule has 0 unspecified atom stereocenters. The number of carbonyl (C=O) groups excluding carboxylic acids is 2. The number of hydrogen-bond donors (Lipinski definition) is 1. The van der Waals surface area contributed by atoms with E-state index in [-0.39, 0.29) is 36.1 Å². The first-order chi connectivity index (χ1) is 10.0. The molecular formula is C15H15FN2O3. The standard InChI is InChI=1S/C15H15FN2O3/c1-17-6-7-18(10-14(17)20)15(21)12-5-4-11(3-2-8-19)13(16)9-12/h4-5,9,19H,6-8,10H2,1H3. The van der Waals surface area contributed by atoms with Gasteiger partial charge in [0.15, 0.2) is 0 Å². The maximum atomic E-state index is 13.8. The highest BCUT2D eigenvalue weighted by atomic mass is 19.1. The van der Waals surface area contributed by atoms with Gasteiger partial charge < -0.3 is 14.9 Å². The Morgan fingerprint density at radius 3 is 2.81 bits per heavy atom. The van der Waals surface area contributed by atoms with E-state index in [2.05, 4.69) is 11.8 Å². The number of piperazine rings is 1. The largest absolute Gasteiger partial charge is 0.384 e. The second kappa shape index (κ2) is 6.37. The molecule has 0 aliphatic carbocycles. The summed E-state index contributed by atoms with van der Waals surface area (Å²) >= 11 is 0. The molecule has 21 heavy (non-hydrogen) atoms. The van der Waals surface area contributed by atoms with Crippen molar-refractivity contribution in [2.75, 3.05) is 33.3 Å². The van der Waals surface area contributed by atoms with Gasteiger partial charge in [-0.1, -0.05) is 11.8 Å². The van der Waals surface area contributed by atoms with Crippen LogP contribution in [-0.2, 0) is 4.79 Å². The Balaban J connectivity index is 2.17. The lowest BCUT2D eigenvalue weighted by atomic mass is 10.1. The van der Waals surface area contributed by atoms with Gasteiger partial charge in [-0.2, -0.15) is 0 Å². The van der Waals surface area contributed by atoms with Crippen LogP contribution in [0.2, 0.25) is 0 Å². The van der Waals surface area contributed by atoms with Crippen molar-refractivity contribution < 1.29 is 19.1 Å². The topological polar surface area (TPSA) is 60.9 Å². The van der Waals surface area contributed by atoms with Crippen LogP contribution in [-0.4, -0.2) is 60.0 Å². The Hall–Kier alpha value is -2.39. The van der Waals surface area contributed by atoms with Gasteiger partial charge in [0.2, 0.25) is 5.91 Å². The summed E-state index contributed by atoms with van der Waals surface area (Å²) in [5.74, 6) is 3.67. The van der Waals surface area contributed by atoms with Crippen LogP contribution in [0.4, 0.5) is 4.39 Å². The van der Waals surface area contributed by atoms with E-state index in [1.165, 1.54) is 17.0 Å². The van der Waals surface area contributed by atoms with Crippen molar-refractivity contribution in [1.29, 1.82) is 0 Å². The fourth-order valence-electron chi connectivity index (χ4n) is 2.00. The number of likely N-dealkylation sites (N-methyl/N-ethyl adjacent to an activating group) is 1. The molecule has 1 fully saturated rings. The van der Waals surface area contributed by atoms with Crippen molar-refractivity contribution in [2.45, 2.75) is 0 Å². The molecule has 1 saturated heterocycles. The number of hydrogen-bond acceptors (Lipinski definition) is 3. The highest BCUT2D eigenvalue weighted by Crippen LogP contribution is 2.13. The Labute approximate surface area is 122 Å². The second-order valence-electron chi connectivity index (χ2n) is 4.70. The van der Waals surface area contributed by atoms with Crippen molar-refractivity contribution >= 4 is 11.8 Å². The molecule has 1 aliphatic heterocycles. The summed E-state index contributed by atoms with van der Waals surface area (Å²) in [7, 11) is 1.68. The lowest BCUT2D eigenvalue weighted by molar-refractivity contribution is -0.133. The maximum absolute atomic E-state index is 13.8. The molecule has 0 radical (unpaired) electrons. The van der Waals surface area contributed by atoms with E-state index in [9.17, 15) is 14.0 Å². The van der Waals surface area contributed by atoms with Crippen LogP contribution >= 0.6 is 0 Å². The zero-order valence-electron chi connectivity index (χ0n) is 11.6. The minimum absolute atomic E-state index is 0.00300. The molecule has 1 heterocycles. The predicted molar refractivity (Wildman–Crippen MR) is 73.9 cm³/mol. The molecule has 2 rings (SSSR count). The predicted octanol–water partition coefficient (Wildman–Crippen LogP) is 0.0837. The summed E-state index contributed by atoms with van der Waals surface area (Å²) in [5, 5.41) is 8.58. The number of rotatable bonds is 1. The maximum Gasteiger partial charge on any atom is 0.254 e. The van der Waals surface area contributed by atoms with Crippen LogP contribution in [0.5, 0.6) is 0 Å². The first-order valence-corrected chi connectivity index (χ1v) is 6.45. The number of aliphatic hydroxyl groups is 1. The molecule has 1 aromatic rings. The van der Waals surface area contributed by atoms with Gasteiger partial charge >= 0.3 is 0 Å². The van der Waals surface area contributed by atoms with Crippen LogP contribution in [0.15, 0.2) is 18.2 Å². The Bertz CT molecular complexity index is 634. The second-order valence-corrected chi connectivity index (χ2v) is 4.70. The van der Waals surface area contributed by atoms with Gasteiger partial charge in [-0.15, -0.1) is 0 Å². The normalized spacial score (nSPS) is 14.7. The summed E-state index contributed by atoms with van der Waals surface area (Å²) in [5.41, 5.74) is 0.300. The lowest BCUT2D eigenvalue weighted by Gasteiger charge is -2.32. The highest BCUT2D eigenvalue weighted by Gasteiger charge is 2.25. The average Bonchev–Trinajstić information content (AvgIpc) is 2.48. The van der Waals surface area contributed by atoms with Gasteiger partial charge in [0, 0.05) is 25.7 Å². The van der Waals surface area contributed by atoms with Gasteiger partial charge in [-0.3, -0.25) is 9.59 Å². The van der Waals surface area contributed by atoms with Gasteiger partial charge in [-0.25, -0.2) is 4.39 Å². The van der Waals surface area contributed by atoms with Crippen molar-refractivity contribution in [3.63, 3.8) is 0 Å². The van der Waals surface area contributed by atoms with Crippen LogP contribution in [0.25, 0.3) is 0 Å². The number of aliphatic hydroxyl groups excluding tert-OH is 1. The lowest BCUT2D eigenvalue weighted by Crippen LogP contribution is -2.50. The molecule has 0 atom stereocenters. The summed E-state index contributed by atoms with van der Waals surface area (Å²) in [4.78, 5) is 26.8. The third-order valence-corrected chi connectivity index (χ3v) is 3.26. The summed E-state index contributed by atoms with van der Waals surface area (Å²) in [6.45, 7) is 0.536. The Kier molecular flexibility index (Phi) is 4.55. The van der Waals surface area contributed by atoms with E-state index in [1.54, 1.807) is 11.9 Å². The van der Waals surface area contributed by atoms with Gasteiger partial charge in [0.25, 0.3) is 5.91 Å². The third-order valence-electron chi connectivity index (χ3n) is 3.26. The van der Waals surface area contributed by atoms with E-state index < -0.39 is 5.82 Å². The molecule has 5 nitrogen and oxygen atoms in total. The van der Waals surface area contributed by atoms with E-state index in [0.29, 0.717) is 13.1 Å². The molecule has 110 valence electrons. The van der Waals surface area contributed by atoms with Crippen LogP contribution < -0.4 is 0 Å². The number of amides is 2. The smallest absolute Gasteiger partial charge is 0.254 e. The number of carbonyl (C=O) groups is 2. The van der Waals surface area contributed by atoms with E-state index in [1.807, 2.05) is 0 Å². The Morgan fingerprint density at radius 1 is 1.43 bits per heavy atom. The van der Waals surface area contributed by atoms with Gasteiger partial charge in [0.05, 0.1) is 5.56 Å². The number of nitrogens with zero attached hydrogens (tertiary/aromatic N) is 2. The molecule has 0 aromatic heterocycles. The SMILES string of the molecule is CN1CCN(C(=O)c2ccc(C#CCO)c(F)c2)CC1=O. The van der Waals surface area contributed by atoms with E-state index >= 15 is 0 Å². The van der Waals surface area contributed by atoms with Gasteiger partial charge in [0.1, 0.15) is 19.0 Å². The molecule has 2 amide bonds. The van der Waals surface area contributed by atoms with Crippen molar-refractivity contribution in [3.8, 4) is 11.8 Å². The van der Waals surface area contributed by atoms with E-state index in [0.717, 1.165) is 6.07 Å². The highest BCUT2D eigenvalue weighted by molar-refractivity contribution is 5.97. The van der Waals surface area contributed by atoms with Crippen LogP contribution in [0.1, 0.15) is 15.9 Å². The van der Waals surface area contributed by atoms with Gasteiger partial charge in [-0.05, 0) is 18.2 Å². The summed E-state index contributed by atoms with van der Waals surface area (Å²) in [6, 6.07) is 3.96. The third kappa shape index (κ3) is 3.38. The zero-order chi connectivity index (χ0) is 15.4. The molecule has 0 spiro atoms. The minimum Gasteiger partial charge on any atom is -0.384 e. The fourth-order valence-corrected chi connectivity index (χ4v) is 2.00. The van der Waals surface area contributed by atoms with Crippen LogP contribution in [0, 0.1) is 17.7 Å². The fraction of sp³-hybridized carbons (Fsp3) is 0.333. The molecule has 6 heteroatoms. The minimum atomic E-state index is -0.623.